The molecule has 0 saturated heterocycles. The summed E-state index contributed by atoms with van der Waals surface area (Å²) in [6, 6.07) is 4.86. The number of anilines is 1. The van der Waals surface area contributed by atoms with E-state index in [1.165, 1.54) is 13.2 Å². The molecule has 2 N–H and O–H groups in total. The summed E-state index contributed by atoms with van der Waals surface area (Å²) in [5, 5.41) is 0. The molecule has 0 radical (unpaired) electrons. The van der Waals surface area contributed by atoms with Crippen LogP contribution in [0.5, 0.6) is 5.75 Å². The summed E-state index contributed by atoms with van der Waals surface area (Å²) in [7, 11) is 1.34. The summed E-state index contributed by atoms with van der Waals surface area (Å²) in [5.74, 6) is -3.64. The Labute approximate surface area is 112 Å². The molecule has 0 heterocycles. The number of ketones is 1. The Bertz CT molecular complexity index is 686. The lowest BCUT2D eigenvalue weighted by molar-refractivity contribution is 0.103. The van der Waals surface area contributed by atoms with E-state index >= 15 is 0 Å². The van der Waals surface area contributed by atoms with Crippen LogP contribution >= 0.6 is 0 Å². The highest BCUT2D eigenvalue weighted by molar-refractivity contribution is 6.09. The van der Waals surface area contributed by atoms with E-state index in [0.717, 1.165) is 18.2 Å². The van der Waals surface area contributed by atoms with Crippen LogP contribution in [0.4, 0.5) is 18.9 Å². The van der Waals surface area contributed by atoms with Crippen molar-refractivity contribution in [2.45, 2.75) is 0 Å². The van der Waals surface area contributed by atoms with Crippen molar-refractivity contribution in [1.29, 1.82) is 0 Å². The highest BCUT2D eigenvalue weighted by Crippen LogP contribution is 2.23. The van der Waals surface area contributed by atoms with Crippen LogP contribution in [-0.2, 0) is 0 Å². The Balaban J connectivity index is 2.49. The van der Waals surface area contributed by atoms with E-state index in [1.807, 2.05) is 0 Å². The van der Waals surface area contributed by atoms with E-state index in [-0.39, 0.29) is 17.0 Å². The molecule has 6 heteroatoms. The van der Waals surface area contributed by atoms with Crippen molar-refractivity contribution in [3.8, 4) is 5.75 Å². The topological polar surface area (TPSA) is 52.3 Å². The monoisotopic (exact) mass is 281 g/mol. The number of carbonyl (C=O) groups is 1. The van der Waals surface area contributed by atoms with Crippen molar-refractivity contribution in [2.75, 3.05) is 12.8 Å². The largest absolute Gasteiger partial charge is 0.497 e. The molecule has 2 aromatic rings. The van der Waals surface area contributed by atoms with Crippen LogP contribution in [0.15, 0.2) is 30.3 Å². The summed E-state index contributed by atoms with van der Waals surface area (Å²) < 4.78 is 45.2. The first kappa shape index (κ1) is 13.9. The van der Waals surface area contributed by atoms with Gasteiger partial charge < -0.3 is 10.5 Å². The molecule has 0 fully saturated rings. The number of hydrogen-bond acceptors (Lipinski definition) is 3. The molecular formula is C14H10F3NO2. The molecule has 2 rings (SSSR count). The standard InChI is InChI=1S/C14H10F3NO2/c1-20-7-2-3-8(10(15)4-7)14(19)9-5-13(18)12(17)6-11(9)16/h2-6H,18H2,1H3. The molecule has 0 unspecified atom stereocenters. The summed E-state index contributed by atoms with van der Waals surface area (Å²) in [6.45, 7) is 0. The van der Waals surface area contributed by atoms with Crippen molar-refractivity contribution in [1.82, 2.24) is 0 Å². The molecule has 0 atom stereocenters. The minimum atomic E-state index is -1.10. The van der Waals surface area contributed by atoms with Gasteiger partial charge in [0.2, 0.25) is 0 Å². The van der Waals surface area contributed by atoms with Gasteiger partial charge in [0, 0.05) is 12.1 Å². The van der Waals surface area contributed by atoms with Crippen LogP contribution in [0.25, 0.3) is 0 Å². The first-order valence-electron chi connectivity index (χ1n) is 5.56. The van der Waals surface area contributed by atoms with Crippen molar-refractivity contribution in [2.24, 2.45) is 0 Å². The minimum Gasteiger partial charge on any atom is -0.497 e. The lowest BCUT2D eigenvalue weighted by atomic mass is 10.0. The Hall–Kier alpha value is -2.50. The van der Waals surface area contributed by atoms with Gasteiger partial charge in [-0.1, -0.05) is 0 Å². The van der Waals surface area contributed by atoms with Gasteiger partial charge in [-0.25, -0.2) is 13.2 Å². The summed E-state index contributed by atoms with van der Waals surface area (Å²) in [5.41, 5.74) is 4.05. The zero-order valence-electron chi connectivity index (χ0n) is 10.4. The third-order valence-corrected chi connectivity index (χ3v) is 2.75. The Kier molecular flexibility index (Phi) is 3.65. The molecule has 0 bridgehead atoms. The lowest BCUT2D eigenvalue weighted by Gasteiger charge is -2.07. The molecular weight excluding hydrogens is 271 g/mol. The number of ether oxygens (including phenoxy) is 1. The third kappa shape index (κ3) is 2.45. The van der Waals surface area contributed by atoms with Gasteiger partial charge in [-0.2, -0.15) is 0 Å². The fourth-order valence-corrected chi connectivity index (χ4v) is 1.69. The molecule has 20 heavy (non-hydrogen) atoms. The van der Waals surface area contributed by atoms with Crippen molar-refractivity contribution < 1.29 is 22.7 Å². The summed E-state index contributed by atoms with van der Waals surface area (Å²) in [4.78, 5) is 12.1. The van der Waals surface area contributed by atoms with Gasteiger partial charge in [0.25, 0.3) is 0 Å². The van der Waals surface area contributed by atoms with E-state index in [1.54, 1.807) is 0 Å². The highest BCUT2D eigenvalue weighted by atomic mass is 19.1. The Morgan fingerprint density at radius 3 is 2.25 bits per heavy atom. The quantitative estimate of drug-likeness (QED) is 0.695. The third-order valence-electron chi connectivity index (χ3n) is 2.75. The van der Waals surface area contributed by atoms with E-state index in [9.17, 15) is 18.0 Å². The molecule has 0 spiro atoms. The second-order valence-electron chi connectivity index (χ2n) is 4.03. The number of nitrogens with two attached hydrogens (primary N) is 1. The van der Waals surface area contributed by atoms with Gasteiger partial charge >= 0.3 is 0 Å². The number of methoxy groups -OCH3 is 1. The second kappa shape index (κ2) is 5.24. The van der Waals surface area contributed by atoms with Gasteiger partial charge in [0.15, 0.2) is 5.78 Å². The van der Waals surface area contributed by atoms with Crippen LogP contribution in [0.2, 0.25) is 0 Å². The molecule has 0 amide bonds. The van der Waals surface area contributed by atoms with Crippen LogP contribution in [-0.4, -0.2) is 12.9 Å². The fourth-order valence-electron chi connectivity index (χ4n) is 1.69. The highest BCUT2D eigenvalue weighted by Gasteiger charge is 2.20. The Morgan fingerprint density at radius 2 is 1.65 bits per heavy atom. The van der Waals surface area contributed by atoms with Crippen LogP contribution in [0.3, 0.4) is 0 Å². The minimum absolute atomic E-state index is 0.221. The number of halogens is 3. The Morgan fingerprint density at radius 1 is 1.00 bits per heavy atom. The molecule has 3 nitrogen and oxygen atoms in total. The molecule has 0 aliphatic carbocycles. The zero-order valence-corrected chi connectivity index (χ0v) is 10.4. The van der Waals surface area contributed by atoms with Crippen LogP contribution in [0, 0.1) is 17.5 Å². The van der Waals surface area contributed by atoms with Gasteiger partial charge in [-0.3, -0.25) is 4.79 Å². The first-order chi connectivity index (χ1) is 9.43. The number of rotatable bonds is 3. The maximum atomic E-state index is 13.8. The van der Waals surface area contributed by atoms with Crippen molar-refractivity contribution in [3.63, 3.8) is 0 Å². The van der Waals surface area contributed by atoms with E-state index in [4.69, 9.17) is 10.5 Å². The van der Waals surface area contributed by atoms with Gasteiger partial charge in [0.05, 0.1) is 23.9 Å². The lowest BCUT2D eigenvalue weighted by Crippen LogP contribution is -2.08. The van der Waals surface area contributed by atoms with Gasteiger partial charge in [0.1, 0.15) is 23.2 Å². The van der Waals surface area contributed by atoms with Crippen LogP contribution < -0.4 is 10.5 Å². The summed E-state index contributed by atoms with van der Waals surface area (Å²) >= 11 is 0. The second-order valence-corrected chi connectivity index (χ2v) is 4.03. The predicted octanol–water partition coefficient (Wildman–Crippen LogP) is 2.93. The van der Waals surface area contributed by atoms with Gasteiger partial charge in [-0.05, 0) is 18.2 Å². The molecule has 0 saturated carbocycles. The maximum absolute atomic E-state index is 13.8. The summed E-state index contributed by atoms with van der Waals surface area (Å²) in [6.07, 6.45) is 0. The number of carbonyl (C=O) groups excluding carboxylic acids is 1. The SMILES string of the molecule is COc1ccc(C(=O)c2cc(N)c(F)cc2F)c(F)c1. The smallest absolute Gasteiger partial charge is 0.198 e. The molecule has 2 aromatic carbocycles. The van der Waals surface area contributed by atoms with Crippen LogP contribution in [0.1, 0.15) is 15.9 Å². The molecule has 0 aliphatic rings. The number of benzene rings is 2. The van der Waals surface area contributed by atoms with Crippen molar-refractivity contribution >= 4 is 11.5 Å². The molecule has 0 aliphatic heterocycles. The normalized spacial score (nSPS) is 10.4. The fraction of sp³-hybridized carbons (Fsp3) is 0.0714. The van der Waals surface area contributed by atoms with E-state index < -0.39 is 28.8 Å². The zero-order chi connectivity index (χ0) is 14.9. The van der Waals surface area contributed by atoms with E-state index in [2.05, 4.69) is 0 Å². The average Bonchev–Trinajstić information content (AvgIpc) is 2.42. The predicted molar refractivity (Wildman–Crippen MR) is 67.2 cm³/mol. The molecule has 104 valence electrons. The van der Waals surface area contributed by atoms with Crippen molar-refractivity contribution in [3.05, 3.63) is 58.9 Å². The maximum Gasteiger partial charge on any atom is 0.198 e. The number of hydrogen-bond donors (Lipinski definition) is 1. The number of nitrogen functional groups attached to an aromatic ring is 1. The molecule has 0 aromatic heterocycles. The van der Waals surface area contributed by atoms with E-state index in [0.29, 0.717) is 6.07 Å². The first-order valence-corrected chi connectivity index (χ1v) is 5.56. The average molecular weight is 281 g/mol. The van der Waals surface area contributed by atoms with Gasteiger partial charge in [-0.15, -0.1) is 0 Å².